The zero-order valence-electron chi connectivity index (χ0n) is 34.2. The average Bonchev–Trinajstić information content (AvgIpc) is 3.89. The molecule has 2 nitrogen and oxygen atoms in total. The molecule has 10 aromatic carbocycles. The Morgan fingerprint density at radius 3 is 1.56 bits per heavy atom. The maximum atomic E-state index is 7.01. The van der Waals surface area contributed by atoms with E-state index in [2.05, 4.69) is 205 Å². The van der Waals surface area contributed by atoms with Gasteiger partial charge >= 0.3 is 0 Å². The van der Waals surface area contributed by atoms with Gasteiger partial charge in [0, 0.05) is 38.4 Å². The second-order valence-corrected chi connectivity index (χ2v) is 17.0. The Labute approximate surface area is 359 Å². The van der Waals surface area contributed by atoms with Crippen molar-refractivity contribution in [2.24, 2.45) is 0 Å². The number of hydrogen-bond donors (Lipinski definition) is 0. The van der Waals surface area contributed by atoms with Crippen LogP contribution in [0.4, 0.5) is 0 Å². The van der Waals surface area contributed by atoms with Gasteiger partial charge in [-0.3, -0.25) is 0 Å². The summed E-state index contributed by atoms with van der Waals surface area (Å²) in [5.74, 6) is 0. The van der Waals surface area contributed by atoms with Crippen LogP contribution in [0.1, 0.15) is 24.0 Å². The first kappa shape index (κ1) is 35.1. The van der Waals surface area contributed by atoms with Crippen molar-refractivity contribution < 1.29 is 4.42 Å². The molecular weight excluding hydrogens is 751 g/mol. The van der Waals surface area contributed by atoms with E-state index in [4.69, 9.17) is 4.42 Å². The van der Waals surface area contributed by atoms with Crippen LogP contribution < -0.4 is 0 Å². The number of aryl methyl sites for hydroxylation is 1. The van der Waals surface area contributed by atoms with Crippen molar-refractivity contribution in [3.8, 4) is 50.2 Å². The van der Waals surface area contributed by atoms with E-state index in [0.717, 1.165) is 46.2 Å². The van der Waals surface area contributed by atoms with Crippen LogP contribution in [0.25, 0.3) is 115 Å². The molecule has 2 heteroatoms. The Balaban J connectivity index is 0.943. The molecule has 0 unspecified atom stereocenters. The molecule has 2 aromatic heterocycles. The van der Waals surface area contributed by atoms with Gasteiger partial charge in [0.2, 0.25) is 0 Å². The summed E-state index contributed by atoms with van der Waals surface area (Å²) in [6.07, 6.45) is 4.80. The normalized spacial score (nSPS) is 12.9. The van der Waals surface area contributed by atoms with Gasteiger partial charge in [-0.15, -0.1) is 0 Å². The number of aromatic nitrogens is 1. The molecule has 13 rings (SSSR count). The van der Waals surface area contributed by atoms with Gasteiger partial charge in [-0.1, -0.05) is 170 Å². The van der Waals surface area contributed by atoms with E-state index < -0.39 is 0 Å². The van der Waals surface area contributed by atoms with Gasteiger partial charge in [0.15, 0.2) is 0 Å². The summed E-state index contributed by atoms with van der Waals surface area (Å²) in [6.45, 7) is 0. The Morgan fingerprint density at radius 2 is 0.855 bits per heavy atom. The van der Waals surface area contributed by atoms with Crippen molar-refractivity contribution in [2.45, 2.75) is 25.7 Å². The van der Waals surface area contributed by atoms with Crippen LogP contribution in [-0.2, 0) is 12.8 Å². The van der Waals surface area contributed by atoms with Crippen molar-refractivity contribution in [1.82, 2.24) is 4.57 Å². The first-order chi connectivity index (χ1) is 30.8. The van der Waals surface area contributed by atoms with Crippen molar-refractivity contribution in [2.75, 3.05) is 0 Å². The molecule has 0 amide bonds. The third-order valence-corrected chi connectivity index (χ3v) is 13.6. The minimum atomic E-state index is 0.940. The van der Waals surface area contributed by atoms with E-state index in [-0.39, 0.29) is 0 Å². The Kier molecular flexibility index (Phi) is 7.90. The molecule has 1 aliphatic rings. The van der Waals surface area contributed by atoms with Crippen molar-refractivity contribution in [1.29, 1.82) is 0 Å². The van der Waals surface area contributed by atoms with Gasteiger partial charge in [0.25, 0.3) is 0 Å². The second-order valence-electron chi connectivity index (χ2n) is 17.0. The zero-order chi connectivity index (χ0) is 40.7. The summed E-state index contributed by atoms with van der Waals surface area (Å²) in [6, 6.07) is 73.6. The third kappa shape index (κ3) is 5.29. The number of nitrogens with zero attached hydrogens (tertiary/aromatic N) is 1. The van der Waals surface area contributed by atoms with E-state index in [0.29, 0.717) is 0 Å². The van der Waals surface area contributed by atoms with Gasteiger partial charge in [0.05, 0.1) is 11.0 Å². The number of rotatable bonds is 5. The van der Waals surface area contributed by atoms with Crippen LogP contribution in [0.5, 0.6) is 0 Å². The zero-order valence-corrected chi connectivity index (χ0v) is 34.2. The van der Waals surface area contributed by atoms with E-state index in [1.165, 1.54) is 106 Å². The molecule has 0 aliphatic heterocycles. The molecule has 0 atom stereocenters. The molecule has 0 saturated carbocycles. The van der Waals surface area contributed by atoms with Crippen molar-refractivity contribution >= 4 is 65.3 Å². The van der Waals surface area contributed by atoms with E-state index >= 15 is 0 Å². The van der Waals surface area contributed by atoms with Crippen LogP contribution in [0.3, 0.4) is 0 Å². The summed E-state index contributed by atoms with van der Waals surface area (Å²) < 4.78 is 9.43. The van der Waals surface area contributed by atoms with Crippen LogP contribution in [-0.4, -0.2) is 4.57 Å². The molecule has 12 aromatic rings. The first-order valence-corrected chi connectivity index (χ1v) is 22.0. The average molecular weight is 792 g/mol. The highest BCUT2D eigenvalue weighted by Gasteiger charge is 2.22. The van der Waals surface area contributed by atoms with E-state index in [1.807, 2.05) is 0 Å². The van der Waals surface area contributed by atoms with Crippen LogP contribution >= 0.6 is 0 Å². The Hall–Kier alpha value is -7.68. The molecule has 292 valence electrons. The topological polar surface area (TPSA) is 18.1 Å². The highest BCUT2D eigenvalue weighted by molar-refractivity contribution is 6.21. The predicted molar refractivity (Wildman–Crippen MR) is 261 cm³/mol. The minimum absolute atomic E-state index is 0.940. The molecule has 2 heterocycles. The standard InChI is InChI=1S/C60H41NO/c1-2-16-39(17-3-1)57-47-21-6-8-23-49(47)58(50-24-9-7-22-48(50)57)40-31-34-42(35-32-40)61-55-30-11-10-20-46(55)54-37-41(33-36-56(54)61)44-25-13-28-52-53-29-14-27-51(60(53)62-59(44)52)45-26-12-18-38-15-4-5-19-43(38)45/h1-3,6-14,16-18,20-37H,4-5,15,19H2. The highest BCUT2D eigenvalue weighted by Crippen LogP contribution is 2.46. The van der Waals surface area contributed by atoms with E-state index in [1.54, 1.807) is 0 Å². The summed E-state index contributed by atoms with van der Waals surface area (Å²) in [5.41, 5.74) is 18.2. The second kappa shape index (κ2) is 13.9. The van der Waals surface area contributed by atoms with E-state index in [9.17, 15) is 0 Å². The summed E-state index contributed by atoms with van der Waals surface area (Å²) in [7, 11) is 0. The Morgan fingerprint density at radius 1 is 0.339 bits per heavy atom. The SMILES string of the molecule is c1ccc(-c2c3ccccc3c(-c3ccc(-n4c5ccccc5c5cc(-c6cccc7c6oc6c(-c8cccc9c8CCCC9)cccc67)ccc54)cc3)c3ccccc23)cc1. The fourth-order valence-electron chi connectivity index (χ4n) is 10.8. The molecule has 0 N–H and O–H groups in total. The van der Waals surface area contributed by atoms with Crippen molar-refractivity contribution in [3.63, 3.8) is 0 Å². The molecule has 0 radical (unpaired) electrons. The Bertz CT molecular complexity index is 3680. The predicted octanol–water partition coefficient (Wildman–Crippen LogP) is 16.5. The van der Waals surface area contributed by atoms with Crippen LogP contribution in [0, 0.1) is 0 Å². The molecular formula is C60H41NO. The minimum Gasteiger partial charge on any atom is -0.455 e. The molecule has 0 saturated heterocycles. The molecule has 1 aliphatic carbocycles. The number of hydrogen-bond acceptors (Lipinski definition) is 1. The monoisotopic (exact) mass is 791 g/mol. The smallest absolute Gasteiger partial charge is 0.143 e. The largest absolute Gasteiger partial charge is 0.455 e. The van der Waals surface area contributed by atoms with Crippen molar-refractivity contribution in [3.05, 3.63) is 211 Å². The number of benzene rings is 10. The van der Waals surface area contributed by atoms with Gasteiger partial charge < -0.3 is 8.98 Å². The number of furan rings is 1. The van der Waals surface area contributed by atoms with Gasteiger partial charge in [-0.25, -0.2) is 0 Å². The molecule has 62 heavy (non-hydrogen) atoms. The highest BCUT2D eigenvalue weighted by atomic mass is 16.3. The van der Waals surface area contributed by atoms with Gasteiger partial charge in [-0.05, 0) is 122 Å². The molecule has 0 bridgehead atoms. The molecule has 0 spiro atoms. The lowest BCUT2D eigenvalue weighted by Crippen LogP contribution is -2.04. The summed E-state index contributed by atoms with van der Waals surface area (Å²) >= 11 is 0. The van der Waals surface area contributed by atoms with Crippen LogP contribution in [0.15, 0.2) is 205 Å². The number of para-hydroxylation sites is 3. The maximum absolute atomic E-state index is 7.01. The lowest BCUT2D eigenvalue weighted by molar-refractivity contribution is 0.669. The quantitative estimate of drug-likeness (QED) is 0.159. The first-order valence-electron chi connectivity index (χ1n) is 22.0. The molecule has 0 fully saturated rings. The van der Waals surface area contributed by atoms with Crippen LogP contribution in [0.2, 0.25) is 0 Å². The van der Waals surface area contributed by atoms with Gasteiger partial charge in [-0.2, -0.15) is 0 Å². The van der Waals surface area contributed by atoms with Gasteiger partial charge in [0.1, 0.15) is 11.2 Å². The number of fused-ring (bicyclic) bond motifs is 9. The lowest BCUT2D eigenvalue weighted by atomic mass is 9.85. The fourth-order valence-corrected chi connectivity index (χ4v) is 10.8. The third-order valence-electron chi connectivity index (χ3n) is 13.6. The summed E-state index contributed by atoms with van der Waals surface area (Å²) in [5, 5.41) is 9.83. The maximum Gasteiger partial charge on any atom is 0.143 e. The lowest BCUT2D eigenvalue weighted by Gasteiger charge is -2.19. The fraction of sp³-hybridized carbons (Fsp3) is 0.0667. The summed E-state index contributed by atoms with van der Waals surface area (Å²) in [4.78, 5) is 0.